The lowest BCUT2D eigenvalue weighted by Crippen LogP contribution is -2.41. The fraction of sp³-hybridized carbons (Fsp3) is 0.778. The highest BCUT2D eigenvalue weighted by Crippen LogP contribution is 2.41. The van der Waals surface area contributed by atoms with Gasteiger partial charge in [-0.15, -0.1) is 0 Å². The molecule has 0 spiro atoms. The summed E-state index contributed by atoms with van der Waals surface area (Å²) in [6, 6.07) is 3.67. The van der Waals surface area contributed by atoms with Crippen molar-refractivity contribution < 1.29 is 23.0 Å². The molecule has 0 bridgehead atoms. The lowest BCUT2D eigenvalue weighted by atomic mass is 9.76. The van der Waals surface area contributed by atoms with Gasteiger partial charge in [0.15, 0.2) is 17.9 Å². The van der Waals surface area contributed by atoms with Gasteiger partial charge >= 0.3 is 0 Å². The van der Waals surface area contributed by atoms with Gasteiger partial charge in [0, 0.05) is 11.8 Å². The predicted molar refractivity (Wildman–Crippen MR) is 122 cm³/mol. The number of hydrogen-bond acceptors (Lipinski definition) is 3. The van der Waals surface area contributed by atoms with E-state index < -0.39 is 11.6 Å². The average Bonchev–Trinajstić information content (AvgIpc) is 2.83. The zero-order valence-electron chi connectivity index (χ0n) is 19.8. The lowest BCUT2D eigenvalue weighted by Gasteiger charge is -2.38. The van der Waals surface area contributed by atoms with E-state index in [2.05, 4.69) is 13.8 Å². The summed E-state index contributed by atoms with van der Waals surface area (Å²) in [4.78, 5) is 0. The number of rotatable bonds is 7. The first-order chi connectivity index (χ1) is 15.6. The predicted octanol–water partition coefficient (Wildman–Crippen LogP) is 7.09. The number of benzene rings is 1. The molecule has 2 aliphatic heterocycles. The molecule has 32 heavy (non-hydrogen) atoms. The molecule has 3 aliphatic rings. The van der Waals surface area contributed by atoms with Crippen molar-refractivity contribution >= 4 is 0 Å². The average molecular weight is 451 g/mol. The van der Waals surface area contributed by atoms with E-state index in [1.54, 1.807) is 0 Å². The molecular formula is C27H40F2O3. The molecule has 2 heterocycles. The second-order valence-corrected chi connectivity index (χ2v) is 10.2. The van der Waals surface area contributed by atoms with Crippen LogP contribution in [0.25, 0.3) is 0 Å². The Bertz CT molecular complexity index is 716. The summed E-state index contributed by atoms with van der Waals surface area (Å²) in [7, 11) is 0. The van der Waals surface area contributed by atoms with E-state index in [4.69, 9.17) is 14.2 Å². The maximum absolute atomic E-state index is 15.1. The normalized spacial score (nSPS) is 33.9. The monoisotopic (exact) mass is 450 g/mol. The zero-order chi connectivity index (χ0) is 22.5. The molecule has 0 amide bonds. The Hall–Kier alpha value is -1.04. The van der Waals surface area contributed by atoms with Gasteiger partial charge in [0.2, 0.25) is 0 Å². The molecule has 3 nitrogen and oxygen atoms in total. The van der Waals surface area contributed by atoms with Gasteiger partial charge in [-0.1, -0.05) is 45.2 Å². The molecule has 1 aromatic rings. The summed E-state index contributed by atoms with van der Waals surface area (Å²) in [5, 5.41) is 0. The molecule has 0 aromatic heterocycles. The zero-order valence-corrected chi connectivity index (χ0v) is 19.8. The molecule has 3 fully saturated rings. The Kier molecular flexibility index (Phi) is 8.58. The largest absolute Gasteiger partial charge is 0.377 e. The smallest absolute Gasteiger partial charge is 0.162 e. The lowest BCUT2D eigenvalue weighted by molar-refractivity contribution is -0.224. The van der Waals surface area contributed by atoms with Crippen molar-refractivity contribution in [3.63, 3.8) is 0 Å². The van der Waals surface area contributed by atoms with E-state index in [-0.39, 0.29) is 30.1 Å². The Balaban J connectivity index is 1.32. The molecule has 2 unspecified atom stereocenters. The minimum Gasteiger partial charge on any atom is -0.377 e. The van der Waals surface area contributed by atoms with Gasteiger partial charge < -0.3 is 14.2 Å². The molecular weight excluding hydrogens is 410 g/mol. The van der Waals surface area contributed by atoms with Crippen molar-refractivity contribution in [2.24, 2.45) is 11.8 Å². The van der Waals surface area contributed by atoms with Crippen LogP contribution in [0.15, 0.2) is 12.1 Å². The molecule has 1 aromatic carbocycles. The van der Waals surface area contributed by atoms with Crippen molar-refractivity contribution in [3.05, 3.63) is 34.9 Å². The minimum atomic E-state index is -0.656. The van der Waals surface area contributed by atoms with E-state index in [1.807, 2.05) is 12.1 Å². The van der Waals surface area contributed by atoms with Gasteiger partial charge in [0.1, 0.15) is 0 Å². The Morgan fingerprint density at radius 3 is 1.88 bits per heavy atom. The van der Waals surface area contributed by atoms with Crippen molar-refractivity contribution in [1.29, 1.82) is 0 Å². The molecule has 0 N–H and O–H groups in total. The van der Waals surface area contributed by atoms with E-state index in [9.17, 15) is 0 Å². The second kappa shape index (κ2) is 11.4. The van der Waals surface area contributed by atoms with Gasteiger partial charge in [0.25, 0.3) is 0 Å². The van der Waals surface area contributed by atoms with Crippen LogP contribution in [-0.4, -0.2) is 32.2 Å². The van der Waals surface area contributed by atoms with E-state index in [0.29, 0.717) is 30.9 Å². The summed E-state index contributed by atoms with van der Waals surface area (Å²) in [6.45, 7) is 6.07. The molecule has 1 saturated carbocycles. The van der Waals surface area contributed by atoms with Gasteiger partial charge in [-0.2, -0.15) is 0 Å². The summed E-state index contributed by atoms with van der Waals surface area (Å²) in [6.07, 6.45) is 10.2. The third-order valence-corrected chi connectivity index (χ3v) is 7.92. The van der Waals surface area contributed by atoms with Crippen LogP contribution >= 0.6 is 0 Å². The summed E-state index contributed by atoms with van der Waals surface area (Å²) < 4.78 is 47.9. The van der Waals surface area contributed by atoms with E-state index in [1.165, 1.54) is 12.8 Å². The quantitative estimate of drug-likeness (QED) is 0.444. The van der Waals surface area contributed by atoms with Crippen molar-refractivity contribution in [2.45, 2.75) is 102 Å². The van der Waals surface area contributed by atoms with E-state index in [0.717, 1.165) is 57.3 Å². The first kappa shape index (κ1) is 24.1. The molecule has 0 radical (unpaired) electrons. The first-order valence-electron chi connectivity index (χ1n) is 12.9. The fourth-order valence-electron chi connectivity index (χ4n) is 5.94. The maximum Gasteiger partial charge on any atom is 0.162 e. The van der Waals surface area contributed by atoms with Crippen LogP contribution in [0.4, 0.5) is 8.78 Å². The van der Waals surface area contributed by atoms with Crippen LogP contribution in [0.3, 0.4) is 0 Å². The van der Waals surface area contributed by atoms with Crippen LogP contribution in [0.2, 0.25) is 0 Å². The van der Waals surface area contributed by atoms with Crippen LogP contribution < -0.4 is 0 Å². The highest BCUT2D eigenvalue weighted by atomic mass is 19.2. The SMILES string of the molecule is CCCC1CCC(c2ccc(C3CCC(C4COC(CCC)OC4)OC3)c(F)c2F)CC1. The van der Waals surface area contributed by atoms with Crippen molar-refractivity contribution in [3.8, 4) is 0 Å². The summed E-state index contributed by atoms with van der Waals surface area (Å²) in [5.41, 5.74) is 1.05. The first-order valence-corrected chi connectivity index (χ1v) is 12.9. The molecule has 2 atom stereocenters. The van der Waals surface area contributed by atoms with Gasteiger partial charge in [-0.05, 0) is 67.9 Å². The molecule has 2 saturated heterocycles. The Morgan fingerprint density at radius 2 is 1.31 bits per heavy atom. The standard InChI is InChI=1S/C27H40F2O3/c1-3-5-18-7-9-19(10-8-18)22-12-13-23(27(29)26(22)28)20-11-14-24(30-15-20)21-16-31-25(6-4-2)32-17-21/h12-13,18-21,24-25H,3-11,14-17H2,1-2H3. The Morgan fingerprint density at radius 1 is 0.719 bits per heavy atom. The van der Waals surface area contributed by atoms with Crippen LogP contribution in [0.1, 0.15) is 101 Å². The van der Waals surface area contributed by atoms with Gasteiger partial charge in [-0.3, -0.25) is 0 Å². The highest BCUT2D eigenvalue weighted by Gasteiger charge is 2.34. The topological polar surface area (TPSA) is 27.7 Å². The molecule has 180 valence electrons. The van der Waals surface area contributed by atoms with Crippen molar-refractivity contribution in [1.82, 2.24) is 0 Å². The number of hydrogen-bond donors (Lipinski definition) is 0. The summed E-state index contributed by atoms with van der Waals surface area (Å²) >= 11 is 0. The molecule has 5 heteroatoms. The van der Waals surface area contributed by atoms with Gasteiger partial charge in [-0.25, -0.2) is 8.78 Å². The third kappa shape index (κ3) is 5.53. The molecule has 4 rings (SSSR count). The fourth-order valence-corrected chi connectivity index (χ4v) is 5.94. The van der Waals surface area contributed by atoms with Crippen LogP contribution in [0, 0.1) is 23.5 Å². The number of ether oxygens (including phenoxy) is 3. The second-order valence-electron chi connectivity index (χ2n) is 10.2. The summed E-state index contributed by atoms with van der Waals surface area (Å²) in [5.74, 6) is -0.240. The maximum atomic E-state index is 15.1. The Labute approximate surface area is 192 Å². The van der Waals surface area contributed by atoms with Crippen LogP contribution in [0.5, 0.6) is 0 Å². The van der Waals surface area contributed by atoms with E-state index >= 15 is 8.78 Å². The number of halogens is 2. The minimum absolute atomic E-state index is 0.0688. The molecule has 1 aliphatic carbocycles. The van der Waals surface area contributed by atoms with Gasteiger partial charge in [0.05, 0.1) is 25.9 Å². The third-order valence-electron chi connectivity index (χ3n) is 7.92. The highest BCUT2D eigenvalue weighted by molar-refractivity contribution is 5.32. The van der Waals surface area contributed by atoms with Crippen LogP contribution in [-0.2, 0) is 14.2 Å². The van der Waals surface area contributed by atoms with Crippen molar-refractivity contribution in [2.75, 3.05) is 19.8 Å².